The minimum absolute atomic E-state index is 0.218. The van der Waals surface area contributed by atoms with Crippen molar-refractivity contribution in [3.8, 4) is 0 Å². The Balaban J connectivity index is 2.04. The maximum absolute atomic E-state index is 11.7. The summed E-state index contributed by atoms with van der Waals surface area (Å²) in [5.74, 6) is 0.0910. The molecular weight excluding hydrogens is 228 g/mol. The van der Waals surface area contributed by atoms with Crippen LogP contribution in [0.3, 0.4) is 0 Å². The topological polar surface area (TPSA) is 72.9 Å². The molecule has 0 radical (unpaired) electrons. The average molecular weight is 250 g/mol. The second kappa shape index (κ2) is 5.10. The molecule has 0 bridgehead atoms. The van der Waals surface area contributed by atoms with Crippen LogP contribution in [0.4, 0.5) is 0 Å². The first-order chi connectivity index (χ1) is 8.60. The first-order valence-corrected chi connectivity index (χ1v) is 6.57. The molecule has 5 heteroatoms. The van der Waals surface area contributed by atoms with Gasteiger partial charge in [0.25, 0.3) is 0 Å². The van der Waals surface area contributed by atoms with E-state index in [0.717, 1.165) is 37.9 Å². The van der Waals surface area contributed by atoms with Gasteiger partial charge in [0, 0.05) is 18.4 Å². The Morgan fingerprint density at radius 1 is 1.72 bits per heavy atom. The van der Waals surface area contributed by atoms with Gasteiger partial charge in [0.15, 0.2) is 0 Å². The van der Waals surface area contributed by atoms with Crippen LogP contribution in [0, 0.1) is 12.8 Å². The number of hydrogen-bond donors (Lipinski definition) is 2. The van der Waals surface area contributed by atoms with Crippen molar-refractivity contribution in [2.75, 3.05) is 7.05 Å². The van der Waals surface area contributed by atoms with E-state index in [1.807, 2.05) is 30.9 Å². The summed E-state index contributed by atoms with van der Waals surface area (Å²) in [6, 6.07) is 1.99. The van der Waals surface area contributed by atoms with E-state index in [4.69, 9.17) is 5.73 Å². The molecule has 3 N–H and O–H groups in total. The summed E-state index contributed by atoms with van der Waals surface area (Å²) in [6.45, 7) is 2.89. The highest BCUT2D eigenvalue weighted by molar-refractivity contribution is 5.85. The molecule has 2 atom stereocenters. The first kappa shape index (κ1) is 13.1. The Kier molecular flexibility index (Phi) is 3.71. The van der Waals surface area contributed by atoms with E-state index in [9.17, 15) is 4.79 Å². The first-order valence-electron chi connectivity index (χ1n) is 6.57. The molecule has 1 fully saturated rings. The van der Waals surface area contributed by atoms with E-state index >= 15 is 0 Å². The van der Waals surface area contributed by atoms with Crippen LogP contribution < -0.4 is 11.1 Å². The van der Waals surface area contributed by atoms with Gasteiger partial charge in [-0.1, -0.05) is 6.42 Å². The number of carbonyl (C=O) groups is 1. The van der Waals surface area contributed by atoms with E-state index in [2.05, 4.69) is 10.4 Å². The Morgan fingerprint density at radius 2 is 2.50 bits per heavy atom. The lowest BCUT2D eigenvalue weighted by Gasteiger charge is -2.32. The molecule has 2 rings (SSSR count). The quantitative estimate of drug-likeness (QED) is 0.813. The fraction of sp³-hybridized carbons (Fsp3) is 0.692. The highest BCUT2D eigenvalue weighted by atomic mass is 16.1. The highest BCUT2D eigenvalue weighted by Crippen LogP contribution is 2.37. The van der Waals surface area contributed by atoms with Gasteiger partial charge < -0.3 is 11.1 Å². The molecule has 0 saturated heterocycles. The SMILES string of the molecule is CNC1(C(N)=O)CCCC1CCn1nccc1C. The van der Waals surface area contributed by atoms with Crippen LogP contribution in [-0.4, -0.2) is 28.3 Å². The number of primary amides is 1. The minimum atomic E-state index is -0.513. The molecule has 1 aliphatic carbocycles. The van der Waals surface area contributed by atoms with Crippen molar-refractivity contribution in [3.05, 3.63) is 18.0 Å². The van der Waals surface area contributed by atoms with Crippen LogP contribution in [0.1, 0.15) is 31.4 Å². The van der Waals surface area contributed by atoms with Crippen LogP contribution in [0.25, 0.3) is 0 Å². The largest absolute Gasteiger partial charge is 0.368 e. The second-order valence-electron chi connectivity index (χ2n) is 5.16. The Bertz CT molecular complexity index is 428. The van der Waals surface area contributed by atoms with Gasteiger partial charge in [0.05, 0.1) is 0 Å². The lowest BCUT2D eigenvalue weighted by atomic mass is 9.84. The molecule has 0 aliphatic heterocycles. The molecule has 1 saturated carbocycles. The molecule has 5 nitrogen and oxygen atoms in total. The fourth-order valence-electron chi connectivity index (χ4n) is 3.16. The molecular formula is C13H22N4O. The van der Waals surface area contributed by atoms with E-state index in [1.165, 1.54) is 0 Å². The predicted octanol–water partition coefficient (Wildman–Crippen LogP) is 0.825. The number of nitrogens with zero attached hydrogens (tertiary/aromatic N) is 2. The van der Waals surface area contributed by atoms with Gasteiger partial charge in [-0.25, -0.2) is 0 Å². The molecule has 1 heterocycles. The van der Waals surface area contributed by atoms with Gasteiger partial charge >= 0.3 is 0 Å². The van der Waals surface area contributed by atoms with E-state index in [-0.39, 0.29) is 5.91 Å². The standard InChI is InChI=1S/C13H22N4O/c1-10-5-8-16-17(10)9-6-11-4-3-7-13(11,15-2)12(14)18/h5,8,11,15H,3-4,6-7,9H2,1-2H3,(H2,14,18). The number of amides is 1. The number of hydrogen-bond acceptors (Lipinski definition) is 3. The van der Waals surface area contributed by atoms with Gasteiger partial charge in [0.2, 0.25) is 5.91 Å². The van der Waals surface area contributed by atoms with Crippen molar-refractivity contribution >= 4 is 5.91 Å². The smallest absolute Gasteiger partial charge is 0.238 e. The van der Waals surface area contributed by atoms with Crippen molar-refractivity contribution in [1.29, 1.82) is 0 Å². The number of aryl methyl sites for hydroxylation is 2. The summed E-state index contributed by atoms with van der Waals surface area (Å²) in [4.78, 5) is 11.7. The number of carbonyl (C=O) groups excluding carboxylic acids is 1. The normalized spacial score (nSPS) is 27.6. The fourth-order valence-corrected chi connectivity index (χ4v) is 3.16. The summed E-state index contributed by atoms with van der Waals surface area (Å²) in [5.41, 5.74) is 6.23. The summed E-state index contributed by atoms with van der Waals surface area (Å²) < 4.78 is 1.99. The van der Waals surface area contributed by atoms with Crippen LogP contribution in [-0.2, 0) is 11.3 Å². The Morgan fingerprint density at radius 3 is 3.06 bits per heavy atom. The molecule has 0 spiro atoms. The monoisotopic (exact) mass is 250 g/mol. The van der Waals surface area contributed by atoms with Gasteiger partial charge in [-0.2, -0.15) is 5.10 Å². The number of likely N-dealkylation sites (N-methyl/N-ethyl adjacent to an activating group) is 1. The molecule has 1 aromatic rings. The molecule has 2 unspecified atom stereocenters. The molecule has 18 heavy (non-hydrogen) atoms. The Labute approximate surface area is 108 Å². The van der Waals surface area contributed by atoms with Gasteiger partial charge in [-0.15, -0.1) is 0 Å². The molecule has 1 aromatic heterocycles. The van der Waals surface area contributed by atoms with Crippen LogP contribution >= 0.6 is 0 Å². The maximum atomic E-state index is 11.7. The molecule has 100 valence electrons. The van der Waals surface area contributed by atoms with Gasteiger partial charge in [0.1, 0.15) is 5.54 Å². The van der Waals surface area contributed by atoms with Crippen molar-refractivity contribution in [2.24, 2.45) is 11.7 Å². The zero-order valence-electron chi connectivity index (χ0n) is 11.1. The zero-order chi connectivity index (χ0) is 13.2. The van der Waals surface area contributed by atoms with Crippen LogP contribution in [0.5, 0.6) is 0 Å². The second-order valence-corrected chi connectivity index (χ2v) is 5.16. The van der Waals surface area contributed by atoms with Crippen molar-refractivity contribution in [2.45, 2.75) is 44.7 Å². The van der Waals surface area contributed by atoms with Crippen LogP contribution in [0.2, 0.25) is 0 Å². The van der Waals surface area contributed by atoms with E-state index < -0.39 is 5.54 Å². The van der Waals surface area contributed by atoms with Gasteiger partial charge in [-0.05, 0) is 45.2 Å². The van der Waals surface area contributed by atoms with E-state index in [0.29, 0.717) is 5.92 Å². The summed E-state index contributed by atoms with van der Waals surface area (Å²) in [5, 5.41) is 7.44. The Hall–Kier alpha value is -1.36. The third kappa shape index (κ3) is 2.14. The number of aromatic nitrogens is 2. The number of rotatable bonds is 5. The minimum Gasteiger partial charge on any atom is -0.368 e. The summed E-state index contributed by atoms with van der Waals surface area (Å²) in [6.07, 6.45) is 5.72. The zero-order valence-corrected chi connectivity index (χ0v) is 11.1. The average Bonchev–Trinajstić information content (AvgIpc) is 2.93. The lowest BCUT2D eigenvalue weighted by Crippen LogP contribution is -2.56. The van der Waals surface area contributed by atoms with Crippen LogP contribution in [0.15, 0.2) is 12.3 Å². The van der Waals surface area contributed by atoms with Crippen molar-refractivity contribution in [1.82, 2.24) is 15.1 Å². The number of nitrogens with two attached hydrogens (primary N) is 1. The summed E-state index contributed by atoms with van der Waals surface area (Å²) >= 11 is 0. The summed E-state index contributed by atoms with van der Waals surface area (Å²) in [7, 11) is 1.84. The lowest BCUT2D eigenvalue weighted by molar-refractivity contribution is -0.125. The van der Waals surface area contributed by atoms with E-state index in [1.54, 1.807) is 0 Å². The molecule has 1 amide bonds. The van der Waals surface area contributed by atoms with Crippen molar-refractivity contribution in [3.63, 3.8) is 0 Å². The maximum Gasteiger partial charge on any atom is 0.238 e. The molecule has 1 aliphatic rings. The highest BCUT2D eigenvalue weighted by Gasteiger charge is 2.46. The van der Waals surface area contributed by atoms with Gasteiger partial charge in [-0.3, -0.25) is 9.48 Å². The predicted molar refractivity (Wildman–Crippen MR) is 69.9 cm³/mol. The van der Waals surface area contributed by atoms with Crippen molar-refractivity contribution < 1.29 is 4.79 Å². The number of nitrogens with one attached hydrogen (secondary N) is 1. The third-order valence-electron chi connectivity index (χ3n) is 4.32. The third-order valence-corrected chi connectivity index (χ3v) is 4.32. The molecule has 0 aromatic carbocycles.